The molecule has 0 saturated heterocycles. The normalized spacial score (nSPS) is 13.4. The van der Waals surface area contributed by atoms with E-state index in [2.05, 4.69) is 0 Å². The van der Waals surface area contributed by atoms with E-state index in [0.717, 1.165) is 11.1 Å². The average Bonchev–Trinajstić information content (AvgIpc) is 2.60. The fourth-order valence-electron chi connectivity index (χ4n) is 3.34. The lowest BCUT2D eigenvalue weighted by Crippen LogP contribution is -2.31. The van der Waals surface area contributed by atoms with Gasteiger partial charge in [0.05, 0.1) is 16.5 Å². The molecule has 0 amide bonds. The molecule has 1 aliphatic rings. The number of benzene rings is 2. The van der Waals surface area contributed by atoms with Gasteiger partial charge in [-0.3, -0.25) is 20.2 Å². The summed E-state index contributed by atoms with van der Waals surface area (Å²) in [4.78, 5) is 23.4. The van der Waals surface area contributed by atoms with Crippen LogP contribution in [-0.4, -0.2) is 21.5 Å². The molecule has 1 aliphatic heterocycles. The van der Waals surface area contributed by atoms with Crippen molar-refractivity contribution < 1.29 is 19.3 Å². The first-order chi connectivity index (χ1) is 12.3. The third-order valence-corrected chi connectivity index (χ3v) is 4.66. The summed E-state index contributed by atoms with van der Waals surface area (Å²) in [6.45, 7) is 1.42. The third kappa shape index (κ3) is 2.97. The van der Waals surface area contributed by atoms with Gasteiger partial charge in [0.2, 0.25) is 0 Å². The van der Waals surface area contributed by atoms with Gasteiger partial charge in [0.15, 0.2) is 5.69 Å². The second-order valence-electron chi connectivity index (χ2n) is 6.13. The molecule has 0 fully saturated rings. The SMILES string of the molecule is Cc1c(CO)cc([N+](=O)[O-])c(N2CCc3cc(F)ccc3C2)c1[N+](=O)[O-]. The Hall–Kier alpha value is -3.07. The van der Waals surface area contributed by atoms with Crippen LogP contribution in [0.3, 0.4) is 0 Å². The van der Waals surface area contributed by atoms with Gasteiger partial charge in [0.25, 0.3) is 5.69 Å². The molecule has 1 N–H and O–H groups in total. The number of nitro groups is 2. The van der Waals surface area contributed by atoms with E-state index in [0.29, 0.717) is 6.42 Å². The molecule has 0 aliphatic carbocycles. The number of aliphatic hydroxyl groups excluding tert-OH is 1. The Bertz CT molecular complexity index is 916. The van der Waals surface area contributed by atoms with Crippen molar-refractivity contribution in [1.29, 1.82) is 0 Å². The second kappa shape index (κ2) is 6.68. The Morgan fingerprint density at radius 3 is 2.54 bits per heavy atom. The Morgan fingerprint density at radius 2 is 1.92 bits per heavy atom. The van der Waals surface area contributed by atoms with Crippen molar-refractivity contribution >= 4 is 17.1 Å². The molecule has 0 bridgehead atoms. The van der Waals surface area contributed by atoms with E-state index in [9.17, 15) is 29.7 Å². The zero-order valence-corrected chi connectivity index (χ0v) is 13.9. The van der Waals surface area contributed by atoms with Crippen LogP contribution in [0.25, 0.3) is 0 Å². The van der Waals surface area contributed by atoms with Gasteiger partial charge in [0.1, 0.15) is 5.82 Å². The van der Waals surface area contributed by atoms with Crippen molar-refractivity contribution in [3.63, 3.8) is 0 Å². The van der Waals surface area contributed by atoms with Crippen LogP contribution in [0.15, 0.2) is 24.3 Å². The van der Waals surface area contributed by atoms with E-state index in [1.807, 2.05) is 0 Å². The highest BCUT2D eigenvalue weighted by Crippen LogP contribution is 2.43. The lowest BCUT2D eigenvalue weighted by atomic mass is 9.97. The summed E-state index contributed by atoms with van der Waals surface area (Å²) in [6, 6.07) is 5.47. The minimum atomic E-state index is -0.679. The molecule has 26 heavy (non-hydrogen) atoms. The number of nitro benzene ring substituents is 2. The molecule has 8 nitrogen and oxygen atoms in total. The predicted molar refractivity (Wildman–Crippen MR) is 91.6 cm³/mol. The molecule has 136 valence electrons. The topological polar surface area (TPSA) is 110 Å². The van der Waals surface area contributed by atoms with Crippen LogP contribution in [-0.2, 0) is 19.6 Å². The van der Waals surface area contributed by atoms with E-state index in [4.69, 9.17) is 0 Å². The van der Waals surface area contributed by atoms with Crippen molar-refractivity contribution in [3.05, 3.63) is 72.6 Å². The van der Waals surface area contributed by atoms with Crippen molar-refractivity contribution in [2.24, 2.45) is 0 Å². The summed E-state index contributed by atoms with van der Waals surface area (Å²) in [5.74, 6) is -0.364. The fourth-order valence-corrected chi connectivity index (χ4v) is 3.34. The summed E-state index contributed by atoms with van der Waals surface area (Å²) >= 11 is 0. The predicted octanol–water partition coefficient (Wildman–Crippen LogP) is 3.01. The summed E-state index contributed by atoms with van der Waals surface area (Å²) in [7, 11) is 0. The summed E-state index contributed by atoms with van der Waals surface area (Å²) in [5.41, 5.74) is 1.02. The molecule has 0 unspecified atom stereocenters. The van der Waals surface area contributed by atoms with Crippen molar-refractivity contribution in [2.45, 2.75) is 26.5 Å². The molecule has 2 aromatic rings. The van der Waals surface area contributed by atoms with Crippen LogP contribution in [0.5, 0.6) is 0 Å². The molecule has 3 rings (SSSR count). The van der Waals surface area contributed by atoms with Crippen LogP contribution >= 0.6 is 0 Å². The van der Waals surface area contributed by atoms with Gasteiger partial charge < -0.3 is 10.0 Å². The zero-order valence-electron chi connectivity index (χ0n) is 13.9. The minimum Gasteiger partial charge on any atom is -0.392 e. The van der Waals surface area contributed by atoms with E-state index in [1.165, 1.54) is 25.1 Å². The largest absolute Gasteiger partial charge is 0.392 e. The van der Waals surface area contributed by atoms with E-state index in [-0.39, 0.29) is 41.4 Å². The number of nitrogens with zero attached hydrogens (tertiary/aromatic N) is 3. The van der Waals surface area contributed by atoms with Gasteiger partial charge >= 0.3 is 5.69 Å². The molecule has 9 heteroatoms. The Morgan fingerprint density at radius 1 is 1.19 bits per heavy atom. The van der Waals surface area contributed by atoms with Crippen molar-refractivity contribution in [2.75, 3.05) is 11.4 Å². The highest BCUT2D eigenvalue weighted by molar-refractivity contribution is 5.79. The average molecular weight is 361 g/mol. The molecule has 0 radical (unpaired) electrons. The summed E-state index contributed by atoms with van der Waals surface area (Å²) in [5, 5.41) is 32.6. The molecular weight excluding hydrogens is 345 g/mol. The molecule has 1 heterocycles. The maximum absolute atomic E-state index is 13.4. The van der Waals surface area contributed by atoms with Crippen LogP contribution < -0.4 is 4.90 Å². The Kier molecular flexibility index (Phi) is 4.56. The fraction of sp³-hybridized carbons (Fsp3) is 0.294. The zero-order chi connectivity index (χ0) is 19.0. The van der Waals surface area contributed by atoms with Crippen molar-refractivity contribution in [1.82, 2.24) is 0 Å². The lowest BCUT2D eigenvalue weighted by molar-refractivity contribution is -0.393. The molecule has 0 aromatic heterocycles. The molecule has 0 atom stereocenters. The van der Waals surface area contributed by atoms with E-state index >= 15 is 0 Å². The van der Waals surface area contributed by atoms with Crippen LogP contribution in [0, 0.1) is 33.0 Å². The van der Waals surface area contributed by atoms with Gasteiger partial charge in [-0.25, -0.2) is 4.39 Å². The standard InChI is InChI=1S/C17H16FN3O5/c1-10-13(9-22)7-15(20(23)24)17(16(10)21(25)26)19-5-4-11-6-14(18)3-2-12(11)8-19/h2-3,6-7,22H,4-5,8-9H2,1H3. The smallest absolute Gasteiger partial charge is 0.302 e. The number of aliphatic hydroxyl groups is 1. The number of rotatable bonds is 4. The van der Waals surface area contributed by atoms with Crippen LogP contribution in [0.1, 0.15) is 22.3 Å². The molecular formula is C17H16FN3O5. The van der Waals surface area contributed by atoms with Gasteiger partial charge in [-0.05, 0) is 42.2 Å². The molecule has 2 aromatic carbocycles. The summed E-state index contributed by atoms with van der Waals surface area (Å²) < 4.78 is 13.4. The van der Waals surface area contributed by atoms with Crippen molar-refractivity contribution in [3.8, 4) is 0 Å². The second-order valence-corrected chi connectivity index (χ2v) is 6.13. The first kappa shape index (κ1) is 17.7. The number of anilines is 1. The maximum Gasteiger partial charge on any atom is 0.302 e. The maximum atomic E-state index is 13.4. The number of halogens is 1. The third-order valence-electron chi connectivity index (χ3n) is 4.66. The monoisotopic (exact) mass is 361 g/mol. The van der Waals surface area contributed by atoms with Gasteiger partial charge in [-0.15, -0.1) is 0 Å². The Balaban J connectivity index is 2.17. The number of hydrogen-bond acceptors (Lipinski definition) is 6. The highest BCUT2D eigenvalue weighted by Gasteiger charge is 2.35. The first-order valence-electron chi connectivity index (χ1n) is 7.91. The van der Waals surface area contributed by atoms with Gasteiger partial charge in [-0.1, -0.05) is 6.07 Å². The first-order valence-corrected chi connectivity index (χ1v) is 7.91. The van der Waals surface area contributed by atoms with Gasteiger partial charge in [-0.2, -0.15) is 0 Å². The quantitative estimate of drug-likeness (QED) is 0.662. The van der Waals surface area contributed by atoms with E-state index in [1.54, 1.807) is 11.0 Å². The lowest BCUT2D eigenvalue weighted by Gasteiger charge is -2.30. The number of fused-ring (bicyclic) bond motifs is 1. The summed E-state index contributed by atoms with van der Waals surface area (Å²) in [6.07, 6.45) is 0.419. The molecule has 0 saturated carbocycles. The Labute approximate surface area is 147 Å². The van der Waals surface area contributed by atoms with Crippen LogP contribution in [0.2, 0.25) is 0 Å². The molecule has 0 spiro atoms. The van der Waals surface area contributed by atoms with Gasteiger partial charge in [0, 0.05) is 24.7 Å². The van der Waals surface area contributed by atoms with E-state index < -0.39 is 22.1 Å². The highest BCUT2D eigenvalue weighted by atomic mass is 19.1. The minimum absolute atomic E-state index is 0.0790. The number of hydrogen-bond donors (Lipinski definition) is 1. The van der Waals surface area contributed by atoms with Crippen LogP contribution in [0.4, 0.5) is 21.5 Å².